The average Bonchev–Trinajstić information content (AvgIpc) is 2.70. The van der Waals surface area contributed by atoms with Crippen molar-refractivity contribution >= 4 is 23.4 Å². The van der Waals surface area contributed by atoms with Crippen molar-refractivity contribution in [3.63, 3.8) is 0 Å². The highest BCUT2D eigenvalue weighted by atomic mass is 35.5. The number of rotatable bonds is 11. The second-order valence-electron chi connectivity index (χ2n) is 5.88. The van der Waals surface area contributed by atoms with E-state index in [4.69, 9.17) is 16.3 Å². The van der Waals surface area contributed by atoms with Crippen LogP contribution in [0, 0.1) is 0 Å². The summed E-state index contributed by atoms with van der Waals surface area (Å²) in [7, 11) is 1.70. The van der Waals surface area contributed by atoms with Crippen molar-refractivity contribution in [3.05, 3.63) is 83.9 Å². The molecule has 0 radical (unpaired) electrons. The van der Waals surface area contributed by atoms with Crippen LogP contribution in [-0.2, 0) is 20.9 Å². The van der Waals surface area contributed by atoms with Gasteiger partial charge in [-0.1, -0.05) is 55.1 Å². The molecule has 1 rings (SSSR count). The Labute approximate surface area is 169 Å². The van der Waals surface area contributed by atoms with E-state index in [0.29, 0.717) is 18.5 Å². The van der Waals surface area contributed by atoms with Gasteiger partial charge in [0.05, 0.1) is 0 Å². The first kappa shape index (κ1) is 23.2. The summed E-state index contributed by atoms with van der Waals surface area (Å²) in [4.78, 5) is 25.7. The molecule has 0 saturated heterocycles. The molecule has 1 N–H and O–H groups in total. The number of ether oxygens (including phenoxy) is 1. The molecule has 0 aromatic heterocycles. The number of nitrogens with zero attached hydrogens (tertiary/aromatic N) is 1. The van der Waals surface area contributed by atoms with Crippen molar-refractivity contribution in [2.45, 2.75) is 13.0 Å². The molecule has 1 aromatic rings. The maximum Gasteiger partial charge on any atom is 0.257 e. The number of hydrogen-bond donors (Lipinski definition) is 1. The summed E-state index contributed by atoms with van der Waals surface area (Å²) >= 11 is 5.22. The van der Waals surface area contributed by atoms with Gasteiger partial charge in [0.15, 0.2) is 6.61 Å². The number of hydrogen-bond acceptors (Lipinski definition) is 3. The van der Waals surface area contributed by atoms with Gasteiger partial charge >= 0.3 is 0 Å². The Bertz CT molecular complexity index is 760. The number of amides is 2. The number of likely N-dealkylation sites (N-methyl/N-ethyl adjacent to an activating group) is 1. The topological polar surface area (TPSA) is 58.6 Å². The number of carbonyl (C=O) groups is 2. The Morgan fingerprint density at radius 1 is 1.32 bits per heavy atom. The second-order valence-corrected chi connectivity index (χ2v) is 6.10. The third-order valence-corrected chi connectivity index (χ3v) is 3.82. The first-order chi connectivity index (χ1) is 13.4. The molecule has 1 aromatic carbocycles. The van der Waals surface area contributed by atoms with E-state index in [0.717, 1.165) is 17.2 Å². The van der Waals surface area contributed by atoms with Gasteiger partial charge in [0.25, 0.3) is 5.91 Å². The molecule has 0 aliphatic rings. The van der Waals surface area contributed by atoms with E-state index >= 15 is 0 Å². The highest BCUT2D eigenvalue weighted by molar-refractivity contribution is 6.25. The first-order valence-electron chi connectivity index (χ1n) is 8.54. The zero-order valence-electron chi connectivity index (χ0n) is 15.8. The molecule has 7 heteroatoms. The van der Waals surface area contributed by atoms with Gasteiger partial charge in [0.2, 0.25) is 5.91 Å². The minimum Gasteiger partial charge on any atom is -0.484 e. The van der Waals surface area contributed by atoms with E-state index in [9.17, 15) is 14.0 Å². The van der Waals surface area contributed by atoms with Gasteiger partial charge in [-0.15, -0.1) is 0 Å². The molecule has 0 aliphatic carbocycles. The van der Waals surface area contributed by atoms with Crippen LogP contribution in [0.3, 0.4) is 0 Å². The molecule has 28 heavy (non-hydrogen) atoms. The Hall–Kier alpha value is -2.86. The zero-order valence-corrected chi connectivity index (χ0v) is 16.5. The smallest absolute Gasteiger partial charge is 0.257 e. The van der Waals surface area contributed by atoms with Crippen LogP contribution in [0.25, 0.3) is 0 Å². The zero-order chi connectivity index (χ0) is 20.9. The van der Waals surface area contributed by atoms with E-state index in [2.05, 4.69) is 18.5 Å². The maximum atomic E-state index is 13.0. The first-order valence-corrected chi connectivity index (χ1v) is 8.97. The van der Waals surface area contributed by atoms with Crippen LogP contribution in [0.4, 0.5) is 4.39 Å². The molecule has 0 heterocycles. The third kappa shape index (κ3) is 8.68. The minimum atomic E-state index is -0.716. The predicted octanol–water partition coefficient (Wildman–Crippen LogP) is 3.84. The van der Waals surface area contributed by atoms with E-state index < -0.39 is 11.7 Å². The lowest BCUT2D eigenvalue weighted by atomic mass is 10.1. The van der Waals surface area contributed by atoms with Crippen molar-refractivity contribution in [1.82, 2.24) is 10.2 Å². The molecule has 0 fully saturated rings. The van der Waals surface area contributed by atoms with Crippen LogP contribution in [-0.4, -0.2) is 36.9 Å². The van der Waals surface area contributed by atoms with Gasteiger partial charge in [0, 0.05) is 37.3 Å². The van der Waals surface area contributed by atoms with Crippen molar-refractivity contribution in [3.8, 4) is 0 Å². The van der Waals surface area contributed by atoms with Crippen LogP contribution < -0.4 is 5.32 Å². The summed E-state index contributed by atoms with van der Waals surface area (Å²) in [6.07, 6.45) is 2.57. The lowest BCUT2D eigenvalue weighted by Gasteiger charge is -2.18. The molecule has 2 amide bonds. The summed E-state index contributed by atoms with van der Waals surface area (Å²) in [6.45, 7) is 7.64. The van der Waals surface area contributed by atoms with Gasteiger partial charge in [-0.2, -0.15) is 0 Å². The number of halogens is 2. The highest BCUT2D eigenvalue weighted by Gasteiger charge is 2.13. The van der Waals surface area contributed by atoms with Crippen molar-refractivity contribution in [1.29, 1.82) is 0 Å². The molecule has 150 valence electrons. The monoisotopic (exact) mass is 406 g/mol. The molecule has 0 bridgehead atoms. The number of allylic oxidation sites excluding steroid dienone is 3. The van der Waals surface area contributed by atoms with Gasteiger partial charge in [-0.3, -0.25) is 9.59 Å². The fourth-order valence-electron chi connectivity index (χ4n) is 2.19. The van der Waals surface area contributed by atoms with Gasteiger partial charge < -0.3 is 15.0 Å². The van der Waals surface area contributed by atoms with Gasteiger partial charge in [-0.25, -0.2) is 4.39 Å². The molecular formula is C21H24ClFN2O3. The fourth-order valence-corrected chi connectivity index (χ4v) is 2.25. The molecule has 0 atom stereocenters. The SMILES string of the molecule is C=C/C(=C\C(F)=C\Cl)OCC(=O)NCCC(=C)C(=O)N(C)Cc1ccccc1. The lowest BCUT2D eigenvalue weighted by Crippen LogP contribution is -2.31. The van der Waals surface area contributed by atoms with Crippen molar-refractivity contribution in [2.75, 3.05) is 20.2 Å². The van der Waals surface area contributed by atoms with E-state index in [1.165, 1.54) is 6.08 Å². The maximum absolute atomic E-state index is 13.0. The molecular weight excluding hydrogens is 383 g/mol. The van der Waals surface area contributed by atoms with E-state index in [-0.39, 0.29) is 24.8 Å². The summed E-state index contributed by atoms with van der Waals surface area (Å²) in [5.41, 5.74) is 2.15. The molecule has 0 spiro atoms. The Morgan fingerprint density at radius 3 is 2.61 bits per heavy atom. The van der Waals surface area contributed by atoms with E-state index in [1.807, 2.05) is 30.3 Å². The Balaban J connectivity index is 2.36. The summed E-state index contributed by atoms with van der Waals surface area (Å²) in [5, 5.41) is 2.61. The molecule has 0 saturated carbocycles. The number of nitrogens with one attached hydrogen (secondary N) is 1. The Morgan fingerprint density at radius 2 is 2.00 bits per heavy atom. The second kappa shape index (κ2) is 12.5. The molecule has 0 aliphatic heterocycles. The lowest BCUT2D eigenvalue weighted by molar-refractivity contribution is -0.127. The standard InChI is InChI=1S/C21H24ClFN2O3/c1-4-19(12-18(23)13-22)28-15-20(26)24-11-10-16(2)21(27)25(3)14-17-8-6-5-7-9-17/h4-9,12-13H,1-2,10-11,14-15H2,3H3,(H,24,26)/b18-13-,19-12+. The third-order valence-electron chi connectivity index (χ3n) is 3.62. The molecule has 0 unspecified atom stereocenters. The van der Waals surface area contributed by atoms with Crippen LogP contribution >= 0.6 is 11.6 Å². The highest BCUT2D eigenvalue weighted by Crippen LogP contribution is 2.09. The quantitative estimate of drug-likeness (QED) is 0.345. The van der Waals surface area contributed by atoms with Crippen LogP contribution in [0.2, 0.25) is 0 Å². The average molecular weight is 407 g/mol. The molecule has 5 nitrogen and oxygen atoms in total. The summed E-state index contributed by atoms with van der Waals surface area (Å²) in [5.74, 6) is -1.24. The Kier molecular flexibility index (Phi) is 10.4. The largest absolute Gasteiger partial charge is 0.484 e. The fraction of sp³-hybridized carbons (Fsp3) is 0.238. The summed E-state index contributed by atoms with van der Waals surface area (Å²) < 4.78 is 18.2. The van der Waals surface area contributed by atoms with Crippen LogP contribution in [0.5, 0.6) is 0 Å². The number of carbonyl (C=O) groups excluding carboxylic acids is 2. The van der Waals surface area contributed by atoms with Crippen molar-refractivity contribution in [2.24, 2.45) is 0 Å². The summed E-state index contributed by atoms with van der Waals surface area (Å²) in [6, 6.07) is 9.61. The van der Waals surface area contributed by atoms with Gasteiger partial charge in [-0.05, 0) is 18.1 Å². The van der Waals surface area contributed by atoms with Crippen molar-refractivity contribution < 1.29 is 18.7 Å². The van der Waals surface area contributed by atoms with Crippen LogP contribution in [0.15, 0.2) is 78.3 Å². The van der Waals surface area contributed by atoms with E-state index in [1.54, 1.807) is 11.9 Å². The normalized spacial score (nSPS) is 11.5. The number of benzene rings is 1. The minimum absolute atomic E-state index is 0.0756. The van der Waals surface area contributed by atoms with Crippen LogP contribution in [0.1, 0.15) is 12.0 Å². The predicted molar refractivity (Wildman–Crippen MR) is 109 cm³/mol. The van der Waals surface area contributed by atoms with Gasteiger partial charge in [0.1, 0.15) is 11.6 Å².